The summed E-state index contributed by atoms with van der Waals surface area (Å²) >= 11 is 0. The minimum Gasteiger partial charge on any atom is -0.494 e. The van der Waals surface area contributed by atoms with Crippen LogP contribution < -0.4 is 29.4 Å². The van der Waals surface area contributed by atoms with Crippen molar-refractivity contribution in [3.63, 3.8) is 0 Å². The van der Waals surface area contributed by atoms with E-state index in [-0.39, 0.29) is 23.8 Å². The Hall–Kier alpha value is -4.54. The fourth-order valence-corrected chi connectivity index (χ4v) is 3.79. The molecule has 11 heteroatoms. The van der Waals surface area contributed by atoms with Gasteiger partial charge in [-0.1, -0.05) is 0 Å². The monoisotopic (exact) mass is 493 g/mol. The van der Waals surface area contributed by atoms with E-state index >= 15 is 0 Å². The van der Waals surface area contributed by atoms with E-state index in [1.54, 1.807) is 43.3 Å². The fraction of sp³-hybridized carbons (Fsp3) is 0.280. The number of rotatable bonds is 9. The highest BCUT2D eigenvalue weighted by atomic mass is 16.5. The summed E-state index contributed by atoms with van der Waals surface area (Å²) in [5, 5.41) is 2.94. The summed E-state index contributed by atoms with van der Waals surface area (Å²) in [5.74, 6) is 2.00. The SMILES string of the molecule is CCOc1ccc(N(Cc2nc3nc(C)cc(=O)n3[nH]2)C(=O)c2cc(OC)c(OC)c(OC)c2)cc1. The minimum atomic E-state index is -0.352. The minimum absolute atomic E-state index is 0.0331. The van der Waals surface area contributed by atoms with Gasteiger partial charge in [0.05, 0.1) is 34.5 Å². The van der Waals surface area contributed by atoms with Crippen molar-refractivity contribution < 1.29 is 23.7 Å². The van der Waals surface area contributed by atoms with E-state index in [1.165, 1.54) is 36.8 Å². The molecule has 0 atom stereocenters. The number of hydrogen-bond donors (Lipinski definition) is 1. The van der Waals surface area contributed by atoms with Gasteiger partial charge in [0.25, 0.3) is 17.2 Å². The maximum atomic E-state index is 13.8. The van der Waals surface area contributed by atoms with Crippen molar-refractivity contribution in [2.24, 2.45) is 0 Å². The average Bonchev–Trinajstić information content (AvgIpc) is 3.29. The van der Waals surface area contributed by atoms with Crippen molar-refractivity contribution >= 4 is 17.4 Å². The van der Waals surface area contributed by atoms with Crippen molar-refractivity contribution in [3.8, 4) is 23.0 Å². The molecular formula is C25H27N5O6. The second-order valence-electron chi connectivity index (χ2n) is 7.77. The highest BCUT2D eigenvalue weighted by Gasteiger charge is 2.24. The van der Waals surface area contributed by atoms with Gasteiger partial charge in [0.2, 0.25) is 5.75 Å². The van der Waals surface area contributed by atoms with Crippen molar-refractivity contribution in [2.75, 3.05) is 32.8 Å². The van der Waals surface area contributed by atoms with Gasteiger partial charge < -0.3 is 23.8 Å². The molecule has 0 saturated heterocycles. The molecule has 0 bridgehead atoms. The van der Waals surface area contributed by atoms with Crippen LogP contribution in [0.3, 0.4) is 0 Å². The zero-order valence-corrected chi connectivity index (χ0v) is 20.7. The Morgan fingerprint density at radius 3 is 2.25 bits per heavy atom. The quantitative estimate of drug-likeness (QED) is 0.378. The molecule has 0 aliphatic rings. The molecule has 1 amide bonds. The van der Waals surface area contributed by atoms with E-state index in [0.29, 0.717) is 52.4 Å². The predicted octanol–water partition coefficient (Wildman–Crippen LogP) is 3.00. The van der Waals surface area contributed by atoms with Gasteiger partial charge in [-0.2, -0.15) is 9.50 Å². The third kappa shape index (κ3) is 4.81. The molecule has 0 spiro atoms. The number of nitrogens with one attached hydrogen (secondary N) is 1. The van der Waals surface area contributed by atoms with Gasteiger partial charge in [0.1, 0.15) is 11.6 Å². The summed E-state index contributed by atoms with van der Waals surface area (Å²) in [4.78, 5) is 36.4. The van der Waals surface area contributed by atoms with E-state index in [0.717, 1.165) is 0 Å². The molecule has 2 aromatic heterocycles. The van der Waals surface area contributed by atoms with Crippen molar-refractivity contribution in [1.29, 1.82) is 0 Å². The molecule has 36 heavy (non-hydrogen) atoms. The number of fused-ring (bicyclic) bond motifs is 1. The Morgan fingerprint density at radius 2 is 1.67 bits per heavy atom. The van der Waals surface area contributed by atoms with E-state index in [4.69, 9.17) is 18.9 Å². The lowest BCUT2D eigenvalue weighted by Gasteiger charge is -2.23. The van der Waals surface area contributed by atoms with Crippen LogP contribution >= 0.6 is 0 Å². The van der Waals surface area contributed by atoms with E-state index in [9.17, 15) is 9.59 Å². The normalized spacial score (nSPS) is 10.8. The zero-order chi connectivity index (χ0) is 25.8. The first kappa shape index (κ1) is 24.6. The topological polar surface area (TPSA) is 120 Å². The first-order valence-corrected chi connectivity index (χ1v) is 11.2. The number of aromatic nitrogens is 4. The average molecular weight is 494 g/mol. The molecular weight excluding hydrogens is 466 g/mol. The van der Waals surface area contributed by atoms with Gasteiger partial charge in [-0.05, 0) is 50.2 Å². The van der Waals surface area contributed by atoms with Crippen LogP contribution in [0, 0.1) is 6.92 Å². The number of ether oxygens (including phenoxy) is 4. The number of hydrogen-bond acceptors (Lipinski definition) is 8. The van der Waals surface area contributed by atoms with Crippen molar-refractivity contribution in [2.45, 2.75) is 20.4 Å². The lowest BCUT2D eigenvalue weighted by atomic mass is 10.1. The standard InChI is InChI=1S/C25H27N5O6/c1-6-36-18-9-7-17(8-10-18)29(14-21-27-25-26-15(2)11-22(31)30(25)28-21)24(32)16-12-19(33-3)23(35-5)20(13-16)34-4/h7-13H,6,14H2,1-5H3,(H,26,27,28). The second-order valence-corrected chi connectivity index (χ2v) is 7.77. The number of H-pyrrole nitrogens is 1. The third-order valence-corrected chi connectivity index (χ3v) is 5.43. The van der Waals surface area contributed by atoms with Gasteiger partial charge in [-0.3, -0.25) is 14.7 Å². The fourth-order valence-electron chi connectivity index (χ4n) is 3.79. The summed E-state index contributed by atoms with van der Waals surface area (Å²) in [6.45, 7) is 4.17. The summed E-state index contributed by atoms with van der Waals surface area (Å²) in [6.07, 6.45) is 0. The first-order valence-electron chi connectivity index (χ1n) is 11.2. The number of nitrogens with zero attached hydrogens (tertiary/aromatic N) is 4. The number of anilines is 1. The van der Waals surface area contributed by atoms with Crippen molar-refractivity contribution in [1.82, 2.24) is 19.6 Å². The summed E-state index contributed by atoms with van der Waals surface area (Å²) in [7, 11) is 4.46. The summed E-state index contributed by atoms with van der Waals surface area (Å²) in [5.41, 5.74) is 1.16. The number of methoxy groups -OCH3 is 3. The smallest absolute Gasteiger partial charge is 0.274 e. The molecule has 4 aromatic rings. The summed E-state index contributed by atoms with van der Waals surface area (Å²) < 4.78 is 23.0. The molecule has 2 aromatic carbocycles. The Bertz CT molecular complexity index is 1420. The number of aromatic amines is 1. The zero-order valence-electron chi connectivity index (χ0n) is 20.7. The number of aryl methyl sites for hydroxylation is 1. The molecule has 11 nitrogen and oxygen atoms in total. The van der Waals surface area contributed by atoms with Gasteiger partial charge in [0.15, 0.2) is 11.5 Å². The van der Waals surface area contributed by atoms with Crippen LogP contribution in [-0.4, -0.2) is 53.4 Å². The highest BCUT2D eigenvalue weighted by Crippen LogP contribution is 2.39. The Labute approximate surface area is 207 Å². The number of amides is 1. The van der Waals surface area contributed by atoms with E-state index in [1.807, 2.05) is 6.92 Å². The van der Waals surface area contributed by atoms with Crippen LogP contribution in [0.4, 0.5) is 5.69 Å². The molecule has 188 valence electrons. The molecule has 0 radical (unpaired) electrons. The molecule has 0 saturated carbocycles. The van der Waals surface area contributed by atoms with E-state index in [2.05, 4.69) is 15.1 Å². The third-order valence-electron chi connectivity index (χ3n) is 5.43. The van der Waals surface area contributed by atoms with Gasteiger partial charge in [0, 0.05) is 23.0 Å². The van der Waals surface area contributed by atoms with Gasteiger partial charge >= 0.3 is 0 Å². The molecule has 0 aliphatic carbocycles. The van der Waals surface area contributed by atoms with Gasteiger partial charge in [-0.25, -0.2) is 4.98 Å². The maximum absolute atomic E-state index is 13.8. The van der Waals surface area contributed by atoms with Crippen LogP contribution in [0.1, 0.15) is 28.8 Å². The van der Waals surface area contributed by atoms with Crippen LogP contribution in [0.15, 0.2) is 47.3 Å². The van der Waals surface area contributed by atoms with Crippen LogP contribution in [0.5, 0.6) is 23.0 Å². The number of carbonyl (C=O) groups is 1. The molecule has 4 rings (SSSR count). The van der Waals surface area contributed by atoms with Crippen molar-refractivity contribution in [3.05, 3.63) is 69.9 Å². The Balaban J connectivity index is 1.79. The highest BCUT2D eigenvalue weighted by molar-refractivity contribution is 6.06. The lowest BCUT2D eigenvalue weighted by Crippen LogP contribution is -2.31. The van der Waals surface area contributed by atoms with Gasteiger partial charge in [-0.15, -0.1) is 0 Å². The molecule has 0 fully saturated rings. The van der Waals surface area contributed by atoms with Crippen LogP contribution in [0.25, 0.3) is 5.78 Å². The summed E-state index contributed by atoms with van der Waals surface area (Å²) in [6, 6.07) is 11.7. The lowest BCUT2D eigenvalue weighted by molar-refractivity contribution is 0.0983. The Kier molecular flexibility index (Phi) is 7.09. The molecule has 0 aliphatic heterocycles. The molecule has 2 heterocycles. The first-order chi connectivity index (χ1) is 17.4. The maximum Gasteiger partial charge on any atom is 0.274 e. The second kappa shape index (κ2) is 10.4. The Morgan fingerprint density at radius 1 is 1.00 bits per heavy atom. The van der Waals surface area contributed by atoms with Crippen LogP contribution in [-0.2, 0) is 6.54 Å². The molecule has 1 N–H and O–H groups in total. The van der Waals surface area contributed by atoms with Crippen LogP contribution in [0.2, 0.25) is 0 Å². The number of carbonyl (C=O) groups excluding carboxylic acids is 1. The largest absolute Gasteiger partial charge is 0.494 e. The van der Waals surface area contributed by atoms with E-state index < -0.39 is 0 Å². The predicted molar refractivity (Wildman–Crippen MR) is 133 cm³/mol. The number of benzene rings is 2. The molecule has 0 unspecified atom stereocenters.